The molecule has 4 aromatic rings. The molecule has 0 aliphatic rings. The van der Waals surface area contributed by atoms with Crippen LogP contribution < -0.4 is 0 Å². The van der Waals surface area contributed by atoms with Crippen LogP contribution in [0.5, 0.6) is 0 Å². The molecule has 20 heavy (non-hydrogen) atoms. The second kappa shape index (κ2) is 4.39. The summed E-state index contributed by atoms with van der Waals surface area (Å²) >= 11 is 6.19. The third-order valence-corrected chi connectivity index (χ3v) is 3.89. The van der Waals surface area contributed by atoms with Gasteiger partial charge in [0.15, 0.2) is 0 Å². The van der Waals surface area contributed by atoms with Crippen molar-refractivity contribution in [2.75, 3.05) is 0 Å². The van der Waals surface area contributed by atoms with Crippen LogP contribution in [-0.2, 0) is 0 Å². The Labute approximate surface area is 122 Å². The van der Waals surface area contributed by atoms with Crippen molar-refractivity contribution in [1.29, 1.82) is 0 Å². The van der Waals surface area contributed by atoms with Crippen molar-refractivity contribution in [2.45, 2.75) is 0 Å². The van der Waals surface area contributed by atoms with Gasteiger partial charge in [-0.25, -0.2) is 0 Å². The SMILES string of the molecule is Clc1ccc2c3ccccc3n(-c3ccccc3)c2c1. The summed E-state index contributed by atoms with van der Waals surface area (Å²) in [5.74, 6) is 0. The van der Waals surface area contributed by atoms with Crippen molar-refractivity contribution in [3.63, 3.8) is 0 Å². The second-order valence-corrected chi connectivity index (χ2v) is 5.29. The maximum atomic E-state index is 6.19. The van der Waals surface area contributed by atoms with E-state index < -0.39 is 0 Å². The van der Waals surface area contributed by atoms with Crippen molar-refractivity contribution < 1.29 is 0 Å². The Hall–Kier alpha value is -2.25. The minimum atomic E-state index is 0.762. The largest absolute Gasteiger partial charge is 0.309 e. The smallest absolute Gasteiger partial charge is 0.0555 e. The van der Waals surface area contributed by atoms with E-state index in [1.807, 2.05) is 18.2 Å². The maximum Gasteiger partial charge on any atom is 0.0555 e. The molecule has 0 radical (unpaired) electrons. The monoisotopic (exact) mass is 277 g/mol. The molecule has 0 atom stereocenters. The third-order valence-electron chi connectivity index (χ3n) is 3.65. The first-order valence-electron chi connectivity index (χ1n) is 6.59. The average molecular weight is 278 g/mol. The lowest BCUT2D eigenvalue weighted by Gasteiger charge is -2.07. The molecule has 4 rings (SSSR count). The van der Waals surface area contributed by atoms with Gasteiger partial charge in [-0.2, -0.15) is 0 Å². The number of rotatable bonds is 1. The van der Waals surface area contributed by atoms with Crippen molar-refractivity contribution in [3.8, 4) is 5.69 Å². The van der Waals surface area contributed by atoms with Crippen LogP contribution in [0.25, 0.3) is 27.5 Å². The number of aromatic nitrogens is 1. The van der Waals surface area contributed by atoms with Gasteiger partial charge in [0.2, 0.25) is 0 Å². The lowest BCUT2D eigenvalue weighted by atomic mass is 10.2. The molecule has 0 bridgehead atoms. The summed E-state index contributed by atoms with van der Waals surface area (Å²) in [4.78, 5) is 0. The van der Waals surface area contributed by atoms with Gasteiger partial charge in [-0.3, -0.25) is 0 Å². The number of nitrogens with zero attached hydrogens (tertiary/aromatic N) is 1. The van der Waals surface area contributed by atoms with Gasteiger partial charge in [-0.05, 0) is 30.3 Å². The first-order chi connectivity index (χ1) is 9.84. The van der Waals surface area contributed by atoms with Crippen molar-refractivity contribution >= 4 is 33.4 Å². The Morgan fingerprint density at radius 2 is 1.35 bits per heavy atom. The van der Waals surface area contributed by atoms with Gasteiger partial charge in [-0.15, -0.1) is 0 Å². The average Bonchev–Trinajstić information content (AvgIpc) is 2.81. The van der Waals surface area contributed by atoms with E-state index in [4.69, 9.17) is 11.6 Å². The minimum absolute atomic E-state index is 0.762. The Bertz CT molecular complexity index is 907. The first kappa shape index (κ1) is 11.6. The molecule has 0 saturated carbocycles. The van der Waals surface area contributed by atoms with Crippen molar-refractivity contribution in [1.82, 2.24) is 4.57 Å². The summed E-state index contributed by atoms with van der Waals surface area (Å²) in [6.45, 7) is 0. The van der Waals surface area contributed by atoms with E-state index in [1.54, 1.807) is 0 Å². The summed E-state index contributed by atoms with van der Waals surface area (Å²) in [6.07, 6.45) is 0. The fourth-order valence-electron chi connectivity index (χ4n) is 2.80. The second-order valence-electron chi connectivity index (χ2n) is 4.85. The number of fused-ring (bicyclic) bond motifs is 3. The van der Waals surface area contributed by atoms with E-state index in [2.05, 4.69) is 59.2 Å². The molecule has 1 aromatic heterocycles. The molecule has 3 aromatic carbocycles. The highest BCUT2D eigenvalue weighted by Crippen LogP contribution is 2.33. The van der Waals surface area contributed by atoms with Gasteiger partial charge in [0, 0.05) is 21.5 Å². The highest BCUT2D eigenvalue weighted by molar-refractivity contribution is 6.31. The highest BCUT2D eigenvalue weighted by Gasteiger charge is 2.11. The van der Waals surface area contributed by atoms with Crippen LogP contribution in [0.15, 0.2) is 72.8 Å². The molecule has 0 spiro atoms. The van der Waals surface area contributed by atoms with Gasteiger partial charge in [0.1, 0.15) is 0 Å². The number of halogens is 1. The summed E-state index contributed by atoms with van der Waals surface area (Å²) in [6, 6.07) is 24.9. The van der Waals surface area contributed by atoms with E-state index in [9.17, 15) is 0 Å². The summed E-state index contributed by atoms with van der Waals surface area (Å²) in [7, 11) is 0. The molecule has 1 nitrogen and oxygen atoms in total. The Kier molecular flexibility index (Phi) is 2.54. The van der Waals surface area contributed by atoms with Crippen LogP contribution in [0.2, 0.25) is 5.02 Å². The topological polar surface area (TPSA) is 4.93 Å². The lowest BCUT2D eigenvalue weighted by molar-refractivity contribution is 1.18. The molecule has 0 N–H and O–H groups in total. The highest BCUT2D eigenvalue weighted by atomic mass is 35.5. The number of benzene rings is 3. The van der Waals surface area contributed by atoms with Crippen molar-refractivity contribution in [2.24, 2.45) is 0 Å². The molecule has 96 valence electrons. The first-order valence-corrected chi connectivity index (χ1v) is 6.96. The number of hydrogen-bond acceptors (Lipinski definition) is 0. The summed E-state index contributed by atoms with van der Waals surface area (Å²) in [5, 5.41) is 3.24. The van der Waals surface area contributed by atoms with Crippen LogP contribution in [0.1, 0.15) is 0 Å². The van der Waals surface area contributed by atoms with E-state index in [0.29, 0.717) is 0 Å². The molecule has 0 unspecified atom stereocenters. The van der Waals surface area contributed by atoms with Crippen LogP contribution in [0.3, 0.4) is 0 Å². The molecule has 0 fully saturated rings. The molecule has 1 heterocycles. The van der Waals surface area contributed by atoms with Gasteiger partial charge >= 0.3 is 0 Å². The van der Waals surface area contributed by atoms with Crippen molar-refractivity contribution in [3.05, 3.63) is 77.8 Å². The Balaban J connectivity index is 2.23. The molecule has 0 amide bonds. The molecule has 0 aliphatic carbocycles. The molecule has 2 heteroatoms. The lowest BCUT2D eigenvalue weighted by Crippen LogP contribution is -1.92. The zero-order chi connectivity index (χ0) is 13.5. The van der Waals surface area contributed by atoms with E-state index in [1.165, 1.54) is 16.3 Å². The fourth-order valence-corrected chi connectivity index (χ4v) is 2.97. The zero-order valence-electron chi connectivity index (χ0n) is 10.8. The van der Waals surface area contributed by atoms with E-state index in [-0.39, 0.29) is 0 Å². The molecular weight excluding hydrogens is 266 g/mol. The summed E-state index contributed by atoms with van der Waals surface area (Å²) in [5.41, 5.74) is 3.50. The standard InChI is InChI=1S/C18H12ClN/c19-13-10-11-16-15-8-4-5-9-17(15)20(18(16)12-13)14-6-2-1-3-7-14/h1-12H. The van der Waals surface area contributed by atoms with E-state index >= 15 is 0 Å². The molecule has 0 aliphatic heterocycles. The van der Waals surface area contributed by atoms with Gasteiger partial charge < -0.3 is 4.57 Å². The Morgan fingerprint density at radius 3 is 2.20 bits per heavy atom. The minimum Gasteiger partial charge on any atom is -0.309 e. The quantitative estimate of drug-likeness (QED) is 0.437. The summed E-state index contributed by atoms with van der Waals surface area (Å²) < 4.78 is 2.26. The Morgan fingerprint density at radius 1 is 0.650 bits per heavy atom. The fraction of sp³-hybridized carbons (Fsp3) is 0. The predicted octanol–water partition coefficient (Wildman–Crippen LogP) is 5.44. The van der Waals surface area contributed by atoms with Gasteiger partial charge in [0.25, 0.3) is 0 Å². The van der Waals surface area contributed by atoms with Gasteiger partial charge in [0.05, 0.1) is 11.0 Å². The normalized spacial score (nSPS) is 11.2. The number of para-hydroxylation sites is 2. The molecular formula is C18H12ClN. The van der Waals surface area contributed by atoms with E-state index in [0.717, 1.165) is 16.2 Å². The van der Waals surface area contributed by atoms with Crippen LogP contribution in [0.4, 0.5) is 0 Å². The van der Waals surface area contributed by atoms with Crippen LogP contribution in [0, 0.1) is 0 Å². The van der Waals surface area contributed by atoms with Crippen LogP contribution >= 0.6 is 11.6 Å². The van der Waals surface area contributed by atoms with Gasteiger partial charge in [-0.1, -0.05) is 54.1 Å². The maximum absolute atomic E-state index is 6.19. The number of hydrogen-bond donors (Lipinski definition) is 0. The predicted molar refractivity (Wildman–Crippen MR) is 85.8 cm³/mol. The molecule has 0 saturated heterocycles. The zero-order valence-corrected chi connectivity index (χ0v) is 11.5. The third kappa shape index (κ3) is 1.64. The van der Waals surface area contributed by atoms with Crippen LogP contribution in [-0.4, -0.2) is 4.57 Å².